The quantitative estimate of drug-likeness (QED) is 0.507. The monoisotopic (exact) mass is 348 g/mol. The highest BCUT2D eigenvalue weighted by molar-refractivity contribution is 7.13. The van der Waals surface area contributed by atoms with Gasteiger partial charge in [-0.15, -0.1) is 11.3 Å². The van der Waals surface area contributed by atoms with Crippen LogP contribution in [0.1, 0.15) is 25.7 Å². The number of carbonyl (C=O) groups is 2. The van der Waals surface area contributed by atoms with Gasteiger partial charge >= 0.3 is 5.97 Å². The fourth-order valence-electron chi connectivity index (χ4n) is 2.03. The van der Waals surface area contributed by atoms with Gasteiger partial charge in [-0.1, -0.05) is 6.07 Å². The maximum atomic E-state index is 12.0. The summed E-state index contributed by atoms with van der Waals surface area (Å²) in [6.45, 7) is 4.81. The first-order chi connectivity index (χ1) is 11.3. The van der Waals surface area contributed by atoms with Gasteiger partial charge in [0.2, 0.25) is 0 Å². The van der Waals surface area contributed by atoms with Crippen molar-refractivity contribution in [2.75, 3.05) is 11.9 Å². The molecule has 0 spiro atoms. The van der Waals surface area contributed by atoms with Gasteiger partial charge < -0.3 is 10.1 Å². The van der Waals surface area contributed by atoms with Crippen molar-refractivity contribution in [1.82, 2.24) is 0 Å². The van der Waals surface area contributed by atoms with E-state index in [1.807, 2.05) is 6.92 Å². The van der Waals surface area contributed by atoms with Crippen molar-refractivity contribution < 1.29 is 19.2 Å². The summed E-state index contributed by atoms with van der Waals surface area (Å²) in [5, 5.41) is 13.5. The average molecular weight is 348 g/mol. The Bertz CT molecular complexity index is 813. The Morgan fingerprint density at radius 2 is 1.92 bits per heavy atom. The molecule has 0 aliphatic carbocycles. The normalized spacial score (nSPS) is 10.3. The lowest BCUT2D eigenvalue weighted by atomic mass is 10.1. The molecule has 1 heterocycles. The third-order valence-corrected chi connectivity index (χ3v) is 4.43. The van der Waals surface area contributed by atoms with Crippen LogP contribution in [0.2, 0.25) is 0 Å². The summed E-state index contributed by atoms with van der Waals surface area (Å²) < 4.78 is 4.94. The molecule has 126 valence electrons. The number of hydrogen-bond acceptors (Lipinski definition) is 6. The van der Waals surface area contributed by atoms with Crippen molar-refractivity contribution in [3.05, 3.63) is 55.3 Å². The minimum Gasteiger partial charge on any atom is -0.451 e. The number of ether oxygens (including phenoxy) is 1. The van der Waals surface area contributed by atoms with Crippen LogP contribution in [0.3, 0.4) is 0 Å². The Hall–Kier alpha value is -2.74. The van der Waals surface area contributed by atoms with E-state index < -0.39 is 23.4 Å². The zero-order valence-electron chi connectivity index (χ0n) is 13.4. The van der Waals surface area contributed by atoms with Crippen LogP contribution in [-0.2, 0) is 9.53 Å². The van der Waals surface area contributed by atoms with Crippen molar-refractivity contribution in [3.8, 4) is 0 Å². The van der Waals surface area contributed by atoms with Gasteiger partial charge in [-0.3, -0.25) is 14.9 Å². The smallest absolute Gasteiger partial charge is 0.348 e. The molecule has 8 heteroatoms. The molecule has 0 fully saturated rings. The second-order valence-electron chi connectivity index (χ2n) is 5.19. The minimum absolute atomic E-state index is 0.119. The van der Waals surface area contributed by atoms with Crippen molar-refractivity contribution in [1.29, 1.82) is 0 Å². The summed E-state index contributed by atoms with van der Waals surface area (Å²) >= 11 is 1.27. The Balaban J connectivity index is 2.06. The highest BCUT2D eigenvalue weighted by Gasteiger charge is 2.20. The molecular formula is C16H16N2O5S. The lowest BCUT2D eigenvalue weighted by molar-refractivity contribution is -0.384. The molecule has 7 nitrogen and oxygen atoms in total. The lowest BCUT2D eigenvalue weighted by Crippen LogP contribution is -2.21. The Morgan fingerprint density at radius 1 is 1.21 bits per heavy atom. The molecule has 0 saturated heterocycles. The molecule has 0 aliphatic rings. The topological polar surface area (TPSA) is 98.5 Å². The highest BCUT2D eigenvalue weighted by Crippen LogP contribution is 2.30. The second kappa shape index (κ2) is 7.22. The molecule has 1 amide bonds. The number of carbonyl (C=O) groups excluding carboxylic acids is 2. The number of thiophene rings is 1. The molecule has 24 heavy (non-hydrogen) atoms. The van der Waals surface area contributed by atoms with Crippen LogP contribution in [0.15, 0.2) is 24.3 Å². The zero-order valence-corrected chi connectivity index (χ0v) is 14.2. The fourth-order valence-corrected chi connectivity index (χ4v) is 2.79. The Labute approximate surface area is 142 Å². The number of nitrogens with one attached hydrogen (secondary N) is 1. The van der Waals surface area contributed by atoms with Crippen LogP contribution >= 0.6 is 11.3 Å². The minimum atomic E-state index is -0.631. The molecule has 1 N–H and O–H groups in total. The van der Waals surface area contributed by atoms with E-state index in [0.717, 1.165) is 10.4 Å². The van der Waals surface area contributed by atoms with Gasteiger partial charge in [-0.2, -0.15) is 0 Å². The summed E-state index contributed by atoms with van der Waals surface area (Å²) in [5.74, 6) is -1.23. The van der Waals surface area contributed by atoms with E-state index in [4.69, 9.17) is 4.74 Å². The second-order valence-corrected chi connectivity index (χ2v) is 6.48. The zero-order chi connectivity index (χ0) is 17.9. The fraction of sp³-hybridized carbons (Fsp3) is 0.250. The molecule has 0 saturated carbocycles. The predicted octanol–water partition coefficient (Wildman–Crippen LogP) is 3.38. The van der Waals surface area contributed by atoms with E-state index in [1.165, 1.54) is 17.4 Å². The first-order valence-electron chi connectivity index (χ1n) is 7.07. The van der Waals surface area contributed by atoms with Crippen molar-refractivity contribution in [3.63, 3.8) is 0 Å². The van der Waals surface area contributed by atoms with Crippen molar-refractivity contribution >= 4 is 34.6 Å². The first-order valence-corrected chi connectivity index (χ1v) is 7.89. The molecule has 2 rings (SSSR count). The van der Waals surface area contributed by atoms with Gasteiger partial charge in [0.05, 0.1) is 4.92 Å². The van der Waals surface area contributed by atoms with Crippen LogP contribution in [0.5, 0.6) is 0 Å². The van der Waals surface area contributed by atoms with Crippen molar-refractivity contribution in [2.24, 2.45) is 0 Å². The largest absolute Gasteiger partial charge is 0.451 e. The van der Waals surface area contributed by atoms with Crippen molar-refractivity contribution in [2.45, 2.75) is 20.8 Å². The molecule has 0 aliphatic heterocycles. The Morgan fingerprint density at radius 3 is 2.50 bits per heavy atom. The van der Waals surface area contributed by atoms with Gasteiger partial charge in [0.25, 0.3) is 11.6 Å². The predicted molar refractivity (Wildman–Crippen MR) is 90.5 cm³/mol. The molecule has 0 bridgehead atoms. The van der Waals surface area contributed by atoms with Gasteiger partial charge in [-0.25, -0.2) is 4.79 Å². The molecule has 1 aromatic carbocycles. The van der Waals surface area contributed by atoms with Gasteiger partial charge in [0.1, 0.15) is 10.6 Å². The summed E-state index contributed by atoms with van der Waals surface area (Å²) in [6.07, 6.45) is 0. The number of anilines is 1. The molecule has 0 unspecified atom stereocenters. The van der Waals surface area contributed by atoms with Gasteiger partial charge in [-0.05, 0) is 44.0 Å². The first kappa shape index (κ1) is 17.6. The van der Waals surface area contributed by atoms with Crippen LogP contribution < -0.4 is 5.32 Å². The summed E-state index contributed by atoms with van der Waals surface area (Å²) in [6, 6.07) is 6.34. The number of nitrogens with zero attached hydrogens (tertiary/aromatic N) is 1. The van der Waals surface area contributed by atoms with E-state index in [1.54, 1.807) is 32.0 Å². The summed E-state index contributed by atoms with van der Waals surface area (Å²) in [5.41, 5.74) is 1.32. The number of aryl methyl sites for hydroxylation is 2. The number of amides is 1. The maximum absolute atomic E-state index is 12.0. The molecule has 0 radical (unpaired) electrons. The SMILES string of the molecule is Cc1ccc(C(=O)OCC(=O)Nc2c([N+](=O)[O-])ccc(C)c2C)s1. The summed E-state index contributed by atoms with van der Waals surface area (Å²) in [4.78, 5) is 35.7. The number of rotatable bonds is 5. The average Bonchev–Trinajstić information content (AvgIpc) is 2.96. The van der Waals surface area contributed by atoms with E-state index >= 15 is 0 Å². The van der Waals surface area contributed by atoms with E-state index in [2.05, 4.69) is 5.32 Å². The van der Waals surface area contributed by atoms with Crippen LogP contribution in [0.4, 0.5) is 11.4 Å². The van der Waals surface area contributed by atoms with Gasteiger partial charge in [0, 0.05) is 10.9 Å². The lowest BCUT2D eigenvalue weighted by Gasteiger charge is -2.11. The van der Waals surface area contributed by atoms with E-state index in [-0.39, 0.29) is 11.4 Å². The third kappa shape index (κ3) is 3.96. The molecule has 2 aromatic rings. The Kier molecular flexibility index (Phi) is 5.30. The highest BCUT2D eigenvalue weighted by atomic mass is 32.1. The van der Waals surface area contributed by atoms with Crippen LogP contribution in [0, 0.1) is 30.9 Å². The number of esters is 1. The van der Waals surface area contributed by atoms with E-state index in [9.17, 15) is 19.7 Å². The maximum Gasteiger partial charge on any atom is 0.348 e. The summed E-state index contributed by atoms with van der Waals surface area (Å²) in [7, 11) is 0. The van der Waals surface area contributed by atoms with Crippen LogP contribution in [0.25, 0.3) is 0 Å². The van der Waals surface area contributed by atoms with E-state index in [0.29, 0.717) is 10.4 Å². The number of nitro benzene ring substituents is 1. The van der Waals surface area contributed by atoms with Gasteiger partial charge in [0.15, 0.2) is 6.61 Å². The number of nitro groups is 1. The standard InChI is InChI=1S/C16H16N2O5S/c1-9-4-6-12(18(21)22)15(11(9)3)17-14(19)8-23-16(20)13-7-5-10(2)24-13/h4-7H,8H2,1-3H3,(H,17,19). The third-order valence-electron chi connectivity index (χ3n) is 3.45. The molecule has 0 atom stereocenters. The number of hydrogen-bond donors (Lipinski definition) is 1. The van der Waals surface area contributed by atoms with Crippen LogP contribution in [-0.4, -0.2) is 23.4 Å². The molecule has 1 aromatic heterocycles. The number of benzene rings is 1. The molecular weight excluding hydrogens is 332 g/mol.